The van der Waals surface area contributed by atoms with Crippen LogP contribution in [0.15, 0.2) is 42.5 Å². The van der Waals surface area contributed by atoms with Gasteiger partial charge in [0.25, 0.3) is 0 Å². The fourth-order valence-electron chi connectivity index (χ4n) is 5.19. The molecule has 0 bridgehead atoms. The minimum absolute atomic E-state index is 0.134. The van der Waals surface area contributed by atoms with Crippen LogP contribution in [0.1, 0.15) is 77.0 Å². The first kappa shape index (κ1) is 30.4. The van der Waals surface area contributed by atoms with Gasteiger partial charge in [-0.1, -0.05) is 42.3 Å². The Morgan fingerprint density at radius 3 is 2.26 bits per heavy atom. The largest absolute Gasteiger partial charge is 0.481 e. The number of nitrogens with zero attached hydrogens (tertiary/aromatic N) is 1. The number of carbonyl (C=O) groups is 2. The minimum Gasteiger partial charge on any atom is -0.481 e. The molecule has 3 rings (SSSR count). The van der Waals surface area contributed by atoms with Crippen molar-refractivity contribution in [2.75, 3.05) is 5.75 Å². The van der Waals surface area contributed by atoms with Gasteiger partial charge in [0, 0.05) is 22.0 Å². The zero-order valence-corrected chi connectivity index (χ0v) is 24.5. The summed E-state index contributed by atoms with van der Waals surface area (Å²) in [5, 5.41) is 10.4. The van der Waals surface area contributed by atoms with E-state index in [4.69, 9.17) is 23.2 Å². The zero-order chi connectivity index (χ0) is 28.6. The van der Waals surface area contributed by atoms with Gasteiger partial charge in [0.15, 0.2) is 9.84 Å². The van der Waals surface area contributed by atoms with Crippen LogP contribution >= 0.6 is 23.2 Å². The second kappa shape index (κ2) is 11.1. The van der Waals surface area contributed by atoms with Gasteiger partial charge in [-0.2, -0.15) is 0 Å². The molecule has 0 aliphatic carbocycles. The van der Waals surface area contributed by atoms with Gasteiger partial charge < -0.3 is 10.0 Å². The number of aliphatic carboxylic acids is 1. The summed E-state index contributed by atoms with van der Waals surface area (Å²) in [6.07, 6.45) is -0.147. The van der Waals surface area contributed by atoms with Crippen LogP contribution in [0, 0.1) is 11.2 Å². The number of rotatable bonds is 8. The summed E-state index contributed by atoms with van der Waals surface area (Å²) in [6.45, 7) is 8.25. The van der Waals surface area contributed by atoms with E-state index >= 15 is 0 Å². The summed E-state index contributed by atoms with van der Waals surface area (Å²) in [5.41, 5.74) is -0.0651. The fourth-order valence-corrected chi connectivity index (χ4v) is 6.81. The van der Waals surface area contributed by atoms with Crippen molar-refractivity contribution < 1.29 is 27.5 Å². The normalized spacial score (nSPS) is 23.4. The van der Waals surface area contributed by atoms with Crippen molar-refractivity contribution in [3.05, 3.63) is 69.5 Å². The van der Waals surface area contributed by atoms with Crippen molar-refractivity contribution >= 4 is 44.9 Å². The SMILES string of the molecule is CC(CCS(=O)(=O)C(C)(C)C)N1C(=O)C(C)(CC(=O)O)CC(c2cc(F)cc(Cl)c2)C1c1ccc(Cl)cc1. The van der Waals surface area contributed by atoms with Crippen LogP contribution in [-0.4, -0.2) is 46.8 Å². The van der Waals surface area contributed by atoms with E-state index in [9.17, 15) is 27.5 Å². The van der Waals surface area contributed by atoms with Crippen molar-refractivity contribution in [2.45, 2.75) is 76.6 Å². The molecule has 1 fully saturated rings. The first-order chi connectivity index (χ1) is 17.4. The number of likely N-dealkylation sites (tertiary alicyclic amines) is 1. The summed E-state index contributed by atoms with van der Waals surface area (Å²) in [4.78, 5) is 27.5. The lowest BCUT2D eigenvalue weighted by molar-refractivity contribution is -0.160. The average molecular weight is 587 g/mol. The molecule has 0 saturated carbocycles. The Bertz CT molecular complexity index is 1290. The number of sulfone groups is 1. The Kier molecular flexibility index (Phi) is 8.91. The average Bonchev–Trinajstić information content (AvgIpc) is 2.78. The van der Waals surface area contributed by atoms with Crippen LogP contribution in [0.3, 0.4) is 0 Å². The molecule has 1 saturated heterocycles. The Morgan fingerprint density at radius 1 is 1.13 bits per heavy atom. The number of piperidine rings is 1. The molecule has 2 aromatic rings. The maximum atomic E-state index is 14.5. The van der Waals surface area contributed by atoms with Crippen LogP contribution < -0.4 is 0 Å². The number of hydrogen-bond acceptors (Lipinski definition) is 4. The molecule has 38 heavy (non-hydrogen) atoms. The molecule has 1 amide bonds. The number of benzene rings is 2. The molecule has 1 N–H and O–H groups in total. The molecule has 0 aromatic heterocycles. The van der Waals surface area contributed by atoms with Gasteiger partial charge in [0.2, 0.25) is 5.91 Å². The van der Waals surface area contributed by atoms with E-state index in [1.54, 1.807) is 69.9 Å². The van der Waals surface area contributed by atoms with Crippen LogP contribution in [0.4, 0.5) is 4.39 Å². The van der Waals surface area contributed by atoms with E-state index in [1.165, 1.54) is 12.1 Å². The second-order valence-electron chi connectivity index (χ2n) is 11.4. The van der Waals surface area contributed by atoms with Gasteiger partial charge in [0.05, 0.1) is 28.4 Å². The first-order valence-electron chi connectivity index (χ1n) is 12.4. The molecule has 1 aliphatic rings. The van der Waals surface area contributed by atoms with E-state index in [-0.39, 0.29) is 29.5 Å². The van der Waals surface area contributed by atoms with Crippen LogP contribution in [-0.2, 0) is 19.4 Å². The van der Waals surface area contributed by atoms with Gasteiger partial charge in [-0.25, -0.2) is 12.8 Å². The van der Waals surface area contributed by atoms with Crippen molar-refractivity contribution in [1.82, 2.24) is 4.90 Å². The van der Waals surface area contributed by atoms with E-state index in [0.717, 1.165) is 5.56 Å². The lowest BCUT2D eigenvalue weighted by Crippen LogP contribution is -2.55. The Hall–Kier alpha value is -2.16. The molecular formula is C28H34Cl2FNO5S. The van der Waals surface area contributed by atoms with Crippen LogP contribution in [0.25, 0.3) is 0 Å². The predicted molar refractivity (Wildman–Crippen MR) is 148 cm³/mol. The molecule has 4 atom stereocenters. The summed E-state index contributed by atoms with van der Waals surface area (Å²) in [6, 6.07) is 9.89. The molecule has 10 heteroatoms. The van der Waals surface area contributed by atoms with Crippen molar-refractivity contribution in [1.29, 1.82) is 0 Å². The molecule has 0 spiro atoms. The predicted octanol–water partition coefficient (Wildman–Crippen LogP) is 6.66. The lowest BCUT2D eigenvalue weighted by Gasteiger charge is -2.51. The molecule has 2 aromatic carbocycles. The monoisotopic (exact) mass is 585 g/mol. The van der Waals surface area contributed by atoms with Gasteiger partial charge in [-0.15, -0.1) is 0 Å². The molecule has 0 radical (unpaired) electrons. The summed E-state index contributed by atoms with van der Waals surface area (Å²) < 4.78 is 39.3. The maximum Gasteiger partial charge on any atom is 0.304 e. The highest BCUT2D eigenvalue weighted by molar-refractivity contribution is 7.92. The van der Waals surface area contributed by atoms with Gasteiger partial charge in [0.1, 0.15) is 5.82 Å². The minimum atomic E-state index is -3.48. The third kappa shape index (κ3) is 6.52. The van der Waals surface area contributed by atoms with Crippen LogP contribution in [0.2, 0.25) is 10.0 Å². The Morgan fingerprint density at radius 2 is 1.74 bits per heavy atom. The van der Waals surface area contributed by atoms with Gasteiger partial charge >= 0.3 is 5.97 Å². The number of carbonyl (C=O) groups excluding carboxylic acids is 1. The van der Waals surface area contributed by atoms with E-state index in [2.05, 4.69) is 0 Å². The molecule has 1 heterocycles. The third-order valence-corrected chi connectivity index (χ3v) is 10.5. The topological polar surface area (TPSA) is 91.8 Å². The van der Waals surface area contributed by atoms with Gasteiger partial charge in [-0.05, 0) is 82.0 Å². The fraction of sp³-hybridized carbons (Fsp3) is 0.500. The van der Waals surface area contributed by atoms with E-state index < -0.39 is 56.2 Å². The highest BCUT2D eigenvalue weighted by Crippen LogP contribution is 2.52. The van der Waals surface area contributed by atoms with Crippen molar-refractivity contribution in [3.63, 3.8) is 0 Å². The number of halogens is 3. The smallest absolute Gasteiger partial charge is 0.304 e. The van der Waals surface area contributed by atoms with Gasteiger partial charge in [-0.3, -0.25) is 9.59 Å². The first-order valence-corrected chi connectivity index (χ1v) is 14.8. The second-order valence-corrected chi connectivity index (χ2v) is 15.2. The number of amides is 1. The molecule has 208 valence electrons. The molecule has 6 nitrogen and oxygen atoms in total. The van der Waals surface area contributed by atoms with Crippen molar-refractivity contribution in [2.24, 2.45) is 5.41 Å². The summed E-state index contributed by atoms with van der Waals surface area (Å²) >= 11 is 12.3. The van der Waals surface area contributed by atoms with E-state index in [1.807, 2.05) is 0 Å². The maximum absolute atomic E-state index is 14.5. The number of hydrogen-bond donors (Lipinski definition) is 1. The standard InChI is InChI=1S/C28H34Cl2FNO5S/c1-17(10-11-38(36,37)27(2,3)4)32-25(18-6-8-20(29)9-7-18)23(19-12-21(30)14-22(31)13-19)15-28(5,26(32)35)16-24(33)34/h6-9,12-14,17,23,25H,10-11,15-16H2,1-5H3,(H,33,34). The third-order valence-electron chi connectivity index (χ3n) is 7.38. The lowest BCUT2D eigenvalue weighted by atomic mass is 9.67. The quantitative estimate of drug-likeness (QED) is 0.374. The number of carboxylic acid groups (broad SMARTS) is 1. The summed E-state index contributed by atoms with van der Waals surface area (Å²) in [5.74, 6) is -2.74. The highest BCUT2D eigenvalue weighted by Gasteiger charge is 2.52. The Labute approximate surface area is 234 Å². The highest BCUT2D eigenvalue weighted by atomic mass is 35.5. The zero-order valence-electron chi connectivity index (χ0n) is 22.2. The number of carboxylic acids is 1. The van der Waals surface area contributed by atoms with Crippen molar-refractivity contribution in [3.8, 4) is 0 Å². The van der Waals surface area contributed by atoms with Crippen LogP contribution in [0.5, 0.6) is 0 Å². The molecule has 4 unspecified atom stereocenters. The Balaban J connectivity index is 2.19. The molecule has 1 aliphatic heterocycles. The van der Waals surface area contributed by atoms with E-state index in [0.29, 0.717) is 10.6 Å². The molecular weight excluding hydrogens is 552 g/mol. The summed E-state index contributed by atoms with van der Waals surface area (Å²) in [7, 11) is -3.48.